The van der Waals surface area contributed by atoms with Crippen LogP contribution in [0.25, 0.3) is 0 Å². The molecule has 0 amide bonds. The fraction of sp³-hybridized carbons (Fsp3) is 1.00. The van der Waals surface area contributed by atoms with E-state index in [1.807, 2.05) is 0 Å². The van der Waals surface area contributed by atoms with Gasteiger partial charge in [-0.3, -0.25) is 0 Å². The minimum atomic E-state index is 0.618. The van der Waals surface area contributed by atoms with Gasteiger partial charge in [-0.25, -0.2) is 0 Å². The highest BCUT2D eigenvalue weighted by molar-refractivity contribution is 4.97. The lowest BCUT2D eigenvalue weighted by Gasteiger charge is -2.53. The second kappa shape index (κ2) is 10.7. The van der Waals surface area contributed by atoms with Gasteiger partial charge in [0.25, 0.3) is 0 Å². The SMILES string of the molecule is CCCC(CCC)(CCC)C(CCC)(CCC)CCC. The Morgan fingerprint density at radius 2 is 0.500 bits per heavy atom. The van der Waals surface area contributed by atoms with Crippen LogP contribution in [0.1, 0.15) is 119 Å². The van der Waals surface area contributed by atoms with Gasteiger partial charge in [-0.15, -0.1) is 0 Å². The summed E-state index contributed by atoms with van der Waals surface area (Å²) in [5.74, 6) is 0. The zero-order valence-electron chi connectivity index (χ0n) is 15.5. The minimum Gasteiger partial charge on any atom is -0.0654 e. The summed E-state index contributed by atoms with van der Waals surface area (Å²) >= 11 is 0. The predicted molar refractivity (Wildman–Crippen MR) is 94.3 cm³/mol. The Kier molecular flexibility index (Phi) is 10.7. The molecule has 0 aliphatic carbocycles. The first-order chi connectivity index (χ1) is 9.61. The van der Waals surface area contributed by atoms with Gasteiger partial charge in [0.1, 0.15) is 0 Å². The maximum absolute atomic E-state index is 2.40. The molecule has 0 aliphatic rings. The van der Waals surface area contributed by atoms with E-state index in [-0.39, 0.29) is 0 Å². The molecule has 0 rings (SSSR count). The van der Waals surface area contributed by atoms with Crippen LogP contribution in [0.2, 0.25) is 0 Å². The van der Waals surface area contributed by atoms with Gasteiger partial charge in [0.2, 0.25) is 0 Å². The van der Waals surface area contributed by atoms with Gasteiger partial charge in [0.05, 0.1) is 0 Å². The third-order valence-electron chi connectivity index (χ3n) is 5.50. The third-order valence-corrected chi connectivity index (χ3v) is 5.50. The molecule has 0 atom stereocenters. The second-order valence-corrected chi connectivity index (χ2v) is 7.06. The second-order valence-electron chi connectivity index (χ2n) is 7.06. The van der Waals surface area contributed by atoms with Crippen molar-refractivity contribution in [2.24, 2.45) is 10.8 Å². The zero-order valence-corrected chi connectivity index (χ0v) is 15.5. The molecular weight excluding hydrogens is 240 g/mol. The average molecular weight is 283 g/mol. The average Bonchev–Trinajstić information content (AvgIpc) is 2.40. The Labute approximate surface area is 130 Å². The van der Waals surface area contributed by atoms with Crippen molar-refractivity contribution in [3.63, 3.8) is 0 Å². The summed E-state index contributed by atoms with van der Waals surface area (Å²) in [5.41, 5.74) is 1.24. The first kappa shape index (κ1) is 20.0. The molecular formula is C20H42. The molecule has 0 aliphatic heterocycles. The molecule has 0 spiro atoms. The van der Waals surface area contributed by atoms with Gasteiger partial charge in [0.15, 0.2) is 0 Å². The summed E-state index contributed by atoms with van der Waals surface area (Å²) < 4.78 is 0. The smallest absolute Gasteiger partial charge is 0.0241 e. The summed E-state index contributed by atoms with van der Waals surface area (Å²) in [7, 11) is 0. The van der Waals surface area contributed by atoms with Gasteiger partial charge in [-0.2, -0.15) is 0 Å². The van der Waals surface area contributed by atoms with Crippen LogP contribution in [0.4, 0.5) is 0 Å². The molecule has 122 valence electrons. The van der Waals surface area contributed by atoms with Crippen LogP contribution in [0.5, 0.6) is 0 Å². The normalized spacial score (nSPS) is 12.9. The number of hydrogen-bond acceptors (Lipinski definition) is 0. The molecule has 0 saturated heterocycles. The van der Waals surface area contributed by atoms with Crippen molar-refractivity contribution in [3.05, 3.63) is 0 Å². The fourth-order valence-electron chi connectivity index (χ4n) is 5.21. The van der Waals surface area contributed by atoms with Crippen molar-refractivity contribution >= 4 is 0 Å². The molecule has 0 N–H and O–H groups in total. The molecule has 0 heteroatoms. The maximum Gasteiger partial charge on any atom is -0.0241 e. The molecule has 0 aromatic rings. The molecule has 0 aromatic heterocycles. The van der Waals surface area contributed by atoms with Crippen LogP contribution in [0.3, 0.4) is 0 Å². The predicted octanol–water partition coefficient (Wildman–Crippen LogP) is 7.76. The highest BCUT2D eigenvalue weighted by Crippen LogP contribution is 2.57. The molecule has 0 nitrogen and oxygen atoms in total. The van der Waals surface area contributed by atoms with Gasteiger partial charge in [-0.05, 0) is 49.4 Å². The number of hydrogen-bond donors (Lipinski definition) is 0. The molecule has 0 bridgehead atoms. The zero-order chi connectivity index (χ0) is 15.5. The summed E-state index contributed by atoms with van der Waals surface area (Å²) in [5, 5.41) is 0. The molecule has 0 radical (unpaired) electrons. The standard InChI is InChI=1S/C20H42/c1-7-13-19(14-8-2,15-9-3)20(16-10-4,17-11-5)18-12-6/h7-18H2,1-6H3. The van der Waals surface area contributed by atoms with Crippen molar-refractivity contribution < 1.29 is 0 Å². The summed E-state index contributed by atoms with van der Waals surface area (Å²) in [6.45, 7) is 14.4. The van der Waals surface area contributed by atoms with Crippen LogP contribution in [0.15, 0.2) is 0 Å². The van der Waals surface area contributed by atoms with Crippen LogP contribution in [-0.2, 0) is 0 Å². The van der Waals surface area contributed by atoms with Crippen LogP contribution < -0.4 is 0 Å². The summed E-state index contributed by atoms with van der Waals surface area (Å²) in [6, 6.07) is 0. The monoisotopic (exact) mass is 282 g/mol. The van der Waals surface area contributed by atoms with Crippen molar-refractivity contribution in [3.8, 4) is 0 Å². The first-order valence-electron chi connectivity index (χ1n) is 9.61. The lowest BCUT2D eigenvalue weighted by Crippen LogP contribution is -2.42. The van der Waals surface area contributed by atoms with E-state index in [0.717, 1.165) is 0 Å². The highest BCUT2D eigenvalue weighted by atomic mass is 14.5. The van der Waals surface area contributed by atoms with Crippen molar-refractivity contribution in [1.29, 1.82) is 0 Å². The molecule has 0 heterocycles. The van der Waals surface area contributed by atoms with E-state index < -0.39 is 0 Å². The quantitative estimate of drug-likeness (QED) is 0.324. The Morgan fingerprint density at radius 3 is 0.600 bits per heavy atom. The summed E-state index contributed by atoms with van der Waals surface area (Å²) in [6.07, 6.45) is 16.9. The minimum absolute atomic E-state index is 0.618. The highest BCUT2D eigenvalue weighted by Gasteiger charge is 2.46. The van der Waals surface area contributed by atoms with Crippen molar-refractivity contribution in [2.45, 2.75) is 119 Å². The van der Waals surface area contributed by atoms with Gasteiger partial charge < -0.3 is 0 Å². The van der Waals surface area contributed by atoms with Gasteiger partial charge >= 0.3 is 0 Å². The van der Waals surface area contributed by atoms with E-state index in [0.29, 0.717) is 10.8 Å². The largest absolute Gasteiger partial charge is 0.0654 e. The van der Waals surface area contributed by atoms with Gasteiger partial charge in [0, 0.05) is 0 Å². The Bertz CT molecular complexity index is 158. The fourth-order valence-corrected chi connectivity index (χ4v) is 5.21. The number of rotatable bonds is 13. The molecule has 0 fully saturated rings. The first-order valence-corrected chi connectivity index (χ1v) is 9.61. The molecule has 0 aromatic carbocycles. The lowest BCUT2D eigenvalue weighted by molar-refractivity contribution is -0.0230. The van der Waals surface area contributed by atoms with Crippen molar-refractivity contribution in [1.82, 2.24) is 0 Å². The molecule has 20 heavy (non-hydrogen) atoms. The maximum atomic E-state index is 2.40. The van der Waals surface area contributed by atoms with E-state index in [1.165, 1.54) is 77.0 Å². The lowest BCUT2D eigenvalue weighted by atomic mass is 9.52. The molecule has 0 saturated carbocycles. The van der Waals surface area contributed by atoms with E-state index in [9.17, 15) is 0 Å². The summed E-state index contributed by atoms with van der Waals surface area (Å²) in [4.78, 5) is 0. The van der Waals surface area contributed by atoms with Crippen LogP contribution in [-0.4, -0.2) is 0 Å². The van der Waals surface area contributed by atoms with Crippen LogP contribution >= 0.6 is 0 Å². The molecule has 0 unspecified atom stereocenters. The van der Waals surface area contributed by atoms with E-state index in [2.05, 4.69) is 41.5 Å². The van der Waals surface area contributed by atoms with E-state index in [1.54, 1.807) is 0 Å². The van der Waals surface area contributed by atoms with Crippen molar-refractivity contribution in [2.75, 3.05) is 0 Å². The Hall–Kier alpha value is 0. The van der Waals surface area contributed by atoms with Gasteiger partial charge in [-0.1, -0.05) is 80.1 Å². The topological polar surface area (TPSA) is 0 Å². The Morgan fingerprint density at radius 1 is 0.350 bits per heavy atom. The van der Waals surface area contributed by atoms with Crippen LogP contribution in [0, 0.1) is 10.8 Å². The van der Waals surface area contributed by atoms with E-state index in [4.69, 9.17) is 0 Å². The van der Waals surface area contributed by atoms with E-state index >= 15 is 0 Å². The Balaban J connectivity index is 5.62. The third kappa shape index (κ3) is 4.78.